The molecule has 3 heteroatoms. The number of para-hydroxylation sites is 1. The van der Waals surface area contributed by atoms with E-state index in [2.05, 4.69) is 39.8 Å². The SMILES string of the molecule is CC(C)c1ccccc1OCCCC(C)(C)C(N)=S. The van der Waals surface area contributed by atoms with Crippen molar-refractivity contribution in [2.75, 3.05) is 6.61 Å². The van der Waals surface area contributed by atoms with Crippen molar-refractivity contribution >= 4 is 17.2 Å². The molecule has 106 valence electrons. The molecular weight excluding hydrogens is 254 g/mol. The Hall–Kier alpha value is -1.09. The van der Waals surface area contributed by atoms with Crippen LogP contribution in [0.2, 0.25) is 0 Å². The first-order valence-corrected chi connectivity index (χ1v) is 7.27. The second kappa shape index (κ2) is 6.90. The topological polar surface area (TPSA) is 35.2 Å². The standard InChI is InChI=1S/C16H25NOS/c1-12(2)13-8-5-6-9-14(13)18-11-7-10-16(3,4)15(17)19/h5-6,8-9,12H,7,10-11H2,1-4H3,(H2,17,19). The minimum Gasteiger partial charge on any atom is -0.493 e. The third-order valence-corrected chi connectivity index (χ3v) is 3.96. The summed E-state index contributed by atoms with van der Waals surface area (Å²) in [5, 5.41) is 0. The second-order valence-electron chi connectivity index (χ2n) is 5.89. The molecule has 0 saturated carbocycles. The highest BCUT2D eigenvalue weighted by Crippen LogP contribution is 2.27. The van der Waals surface area contributed by atoms with Crippen LogP contribution in [0.25, 0.3) is 0 Å². The van der Waals surface area contributed by atoms with Crippen LogP contribution in [-0.4, -0.2) is 11.6 Å². The fourth-order valence-electron chi connectivity index (χ4n) is 1.91. The quantitative estimate of drug-likeness (QED) is 0.597. The van der Waals surface area contributed by atoms with Gasteiger partial charge in [-0.2, -0.15) is 0 Å². The van der Waals surface area contributed by atoms with Gasteiger partial charge in [0, 0.05) is 5.41 Å². The summed E-state index contributed by atoms with van der Waals surface area (Å²) in [6, 6.07) is 8.23. The molecular formula is C16H25NOS. The Balaban J connectivity index is 2.48. The van der Waals surface area contributed by atoms with Crippen molar-refractivity contribution < 1.29 is 4.74 Å². The molecule has 0 bridgehead atoms. The van der Waals surface area contributed by atoms with Crippen LogP contribution in [0.15, 0.2) is 24.3 Å². The summed E-state index contributed by atoms with van der Waals surface area (Å²) >= 11 is 5.07. The average Bonchev–Trinajstić information content (AvgIpc) is 2.34. The Morgan fingerprint density at radius 2 is 1.95 bits per heavy atom. The molecule has 0 aliphatic rings. The Bertz CT molecular complexity index is 427. The van der Waals surface area contributed by atoms with Crippen LogP contribution in [0.3, 0.4) is 0 Å². The van der Waals surface area contributed by atoms with E-state index in [-0.39, 0.29) is 5.41 Å². The van der Waals surface area contributed by atoms with Crippen molar-refractivity contribution in [1.29, 1.82) is 0 Å². The molecule has 0 fully saturated rings. The van der Waals surface area contributed by atoms with Crippen molar-refractivity contribution in [1.82, 2.24) is 0 Å². The summed E-state index contributed by atoms with van der Waals surface area (Å²) in [7, 11) is 0. The van der Waals surface area contributed by atoms with Crippen LogP contribution in [0.5, 0.6) is 5.75 Å². The molecule has 2 N–H and O–H groups in total. The first-order valence-electron chi connectivity index (χ1n) is 6.86. The lowest BCUT2D eigenvalue weighted by Gasteiger charge is -2.23. The Labute approximate surface area is 122 Å². The van der Waals surface area contributed by atoms with E-state index in [4.69, 9.17) is 22.7 Å². The lowest BCUT2D eigenvalue weighted by molar-refractivity contribution is 0.284. The number of hydrogen-bond donors (Lipinski definition) is 1. The molecule has 0 aliphatic carbocycles. The predicted molar refractivity (Wildman–Crippen MR) is 85.8 cm³/mol. The summed E-state index contributed by atoms with van der Waals surface area (Å²) in [6.45, 7) is 9.22. The highest BCUT2D eigenvalue weighted by Gasteiger charge is 2.20. The van der Waals surface area contributed by atoms with Crippen molar-refractivity contribution in [2.45, 2.75) is 46.5 Å². The van der Waals surface area contributed by atoms with Crippen LogP contribution in [0.1, 0.15) is 52.0 Å². The Morgan fingerprint density at radius 1 is 1.32 bits per heavy atom. The molecule has 1 aromatic rings. The fraction of sp³-hybridized carbons (Fsp3) is 0.562. The number of nitrogens with two attached hydrogens (primary N) is 1. The Kier molecular flexibility index (Phi) is 5.80. The van der Waals surface area contributed by atoms with Gasteiger partial charge in [-0.3, -0.25) is 0 Å². The molecule has 2 nitrogen and oxygen atoms in total. The van der Waals surface area contributed by atoms with Crippen LogP contribution in [0.4, 0.5) is 0 Å². The van der Waals surface area contributed by atoms with Crippen molar-refractivity contribution in [3.63, 3.8) is 0 Å². The smallest absolute Gasteiger partial charge is 0.122 e. The predicted octanol–water partition coefficient (Wildman–Crippen LogP) is 4.28. The van der Waals surface area contributed by atoms with Crippen LogP contribution in [-0.2, 0) is 0 Å². The lowest BCUT2D eigenvalue weighted by atomic mass is 9.88. The number of ether oxygens (including phenoxy) is 1. The average molecular weight is 279 g/mol. The van der Waals surface area contributed by atoms with E-state index >= 15 is 0 Å². The van der Waals surface area contributed by atoms with Crippen LogP contribution >= 0.6 is 12.2 Å². The summed E-state index contributed by atoms with van der Waals surface area (Å²) in [5.74, 6) is 1.47. The number of thiocarbonyl (C=S) groups is 1. The molecule has 0 spiro atoms. The van der Waals surface area contributed by atoms with E-state index in [9.17, 15) is 0 Å². The van der Waals surface area contributed by atoms with Crippen molar-refractivity contribution in [3.05, 3.63) is 29.8 Å². The van der Waals surface area contributed by atoms with Gasteiger partial charge in [0.1, 0.15) is 5.75 Å². The first-order chi connectivity index (χ1) is 8.84. The minimum absolute atomic E-state index is 0.0870. The van der Waals surface area contributed by atoms with Gasteiger partial charge >= 0.3 is 0 Å². The molecule has 1 rings (SSSR count). The minimum atomic E-state index is -0.0870. The van der Waals surface area contributed by atoms with Gasteiger partial charge in [0.15, 0.2) is 0 Å². The number of benzene rings is 1. The van der Waals surface area contributed by atoms with Gasteiger partial charge in [-0.05, 0) is 30.4 Å². The first kappa shape index (κ1) is 16.0. The molecule has 0 heterocycles. The van der Waals surface area contributed by atoms with Gasteiger partial charge in [-0.15, -0.1) is 0 Å². The summed E-state index contributed by atoms with van der Waals surface area (Å²) in [5.41, 5.74) is 6.89. The summed E-state index contributed by atoms with van der Waals surface area (Å²) in [4.78, 5) is 0.579. The fourth-order valence-corrected chi connectivity index (χ4v) is 2.01. The number of rotatable bonds is 7. The maximum absolute atomic E-state index is 5.89. The highest BCUT2D eigenvalue weighted by molar-refractivity contribution is 7.80. The van der Waals surface area contributed by atoms with Gasteiger partial charge in [0.25, 0.3) is 0 Å². The molecule has 0 unspecified atom stereocenters. The lowest BCUT2D eigenvalue weighted by Crippen LogP contribution is -2.30. The monoisotopic (exact) mass is 279 g/mol. The van der Waals surface area contributed by atoms with E-state index < -0.39 is 0 Å². The van der Waals surface area contributed by atoms with Crippen LogP contribution in [0, 0.1) is 5.41 Å². The van der Waals surface area contributed by atoms with Gasteiger partial charge in [0.05, 0.1) is 11.6 Å². The van der Waals surface area contributed by atoms with E-state index in [1.807, 2.05) is 12.1 Å². The molecule has 1 aromatic carbocycles. The molecule has 0 atom stereocenters. The maximum Gasteiger partial charge on any atom is 0.122 e. The van der Waals surface area contributed by atoms with Crippen molar-refractivity contribution in [2.24, 2.45) is 11.1 Å². The van der Waals surface area contributed by atoms with E-state index in [0.29, 0.717) is 17.5 Å². The summed E-state index contributed by atoms with van der Waals surface area (Å²) < 4.78 is 5.89. The molecule has 0 amide bonds. The Morgan fingerprint density at radius 3 is 2.53 bits per heavy atom. The third kappa shape index (κ3) is 4.83. The van der Waals surface area contributed by atoms with E-state index in [1.165, 1.54) is 5.56 Å². The largest absolute Gasteiger partial charge is 0.493 e. The highest BCUT2D eigenvalue weighted by atomic mass is 32.1. The molecule has 0 aromatic heterocycles. The zero-order valence-corrected chi connectivity index (χ0v) is 13.2. The van der Waals surface area contributed by atoms with Gasteiger partial charge in [-0.1, -0.05) is 58.1 Å². The maximum atomic E-state index is 5.89. The van der Waals surface area contributed by atoms with E-state index in [1.54, 1.807) is 0 Å². The van der Waals surface area contributed by atoms with Gasteiger partial charge in [-0.25, -0.2) is 0 Å². The third-order valence-electron chi connectivity index (χ3n) is 3.41. The van der Waals surface area contributed by atoms with E-state index in [0.717, 1.165) is 18.6 Å². The zero-order chi connectivity index (χ0) is 14.5. The molecule has 0 radical (unpaired) electrons. The molecule has 0 saturated heterocycles. The second-order valence-corrected chi connectivity index (χ2v) is 6.33. The molecule has 0 aliphatic heterocycles. The van der Waals surface area contributed by atoms with Crippen LogP contribution < -0.4 is 10.5 Å². The molecule has 19 heavy (non-hydrogen) atoms. The zero-order valence-electron chi connectivity index (χ0n) is 12.4. The normalized spacial score (nSPS) is 11.6. The van der Waals surface area contributed by atoms with Crippen molar-refractivity contribution in [3.8, 4) is 5.75 Å². The van der Waals surface area contributed by atoms with Gasteiger partial charge < -0.3 is 10.5 Å². The summed E-state index contributed by atoms with van der Waals surface area (Å²) in [6.07, 6.45) is 1.91. The number of hydrogen-bond acceptors (Lipinski definition) is 2. The van der Waals surface area contributed by atoms with Gasteiger partial charge in [0.2, 0.25) is 0 Å².